The standard InChI is InChI=1S/C21H24N2O4/c1-4-26-20(25)21(2,3)27-18-10-6-5-9-17(18)11-12-19(24)23-15-16-8-7-13-22-14-16/h5-14H,4,15H2,1-3H3,(H,23,24)/b12-11+. The number of ether oxygens (including phenoxy) is 2. The summed E-state index contributed by atoms with van der Waals surface area (Å²) in [6, 6.07) is 10.9. The molecule has 2 aromatic rings. The number of pyridine rings is 1. The number of hydrogen-bond donors (Lipinski definition) is 1. The highest BCUT2D eigenvalue weighted by molar-refractivity contribution is 5.92. The minimum Gasteiger partial charge on any atom is -0.476 e. The highest BCUT2D eigenvalue weighted by atomic mass is 16.6. The van der Waals surface area contributed by atoms with Gasteiger partial charge >= 0.3 is 5.97 Å². The molecule has 1 amide bonds. The van der Waals surface area contributed by atoms with Crippen molar-refractivity contribution in [3.8, 4) is 5.75 Å². The third kappa shape index (κ3) is 6.26. The third-order valence-corrected chi connectivity index (χ3v) is 3.65. The van der Waals surface area contributed by atoms with Gasteiger partial charge in [0.15, 0.2) is 5.60 Å². The summed E-state index contributed by atoms with van der Waals surface area (Å²) in [4.78, 5) is 28.1. The van der Waals surface area contributed by atoms with Crippen LogP contribution >= 0.6 is 0 Å². The van der Waals surface area contributed by atoms with Gasteiger partial charge < -0.3 is 14.8 Å². The Morgan fingerprint density at radius 1 is 1.19 bits per heavy atom. The highest BCUT2D eigenvalue weighted by Crippen LogP contribution is 2.25. The van der Waals surface area contributed by atoms with Crippen LogP contribution in [0.15, 0.2) is 54.9 Å². The van der Waals surface area contributed by atoms with Crippen LogP contribution in [0, 0.1) is 0 Å². The third-order valence-electron chi connectivity index (χ3n) is 3.65. The molecule has 0 bridgehead atoms. The lowest BCUT2D eigenvalue weighted by molar-refractivity contribution is -0.158. The van der Waals surface area contributed by atoms with E-state index in [2.05, 4.69) is 10.3 Å². The van der Waals surface area contributed by atoms with E-state index in [9.17, 15) is 9.59 Å². The molecule has 2 rings (SSSR count). The molecule has 0 aliphatic carbocycles. The monoisotopic (exact) mass is 368 g/mol. The van der Waals surface area contributed by atoms with Gasteiger partial charge in [-0.25, -0.2) is 4.79 Å². The van der Waals surface area contributed by atoms with E-state index in [0.717, 1.165) is 5.56 Å². The highest BCUT2D eigenvalue weighted by Gasteiger charge is 2.32. The predicted octanol–water partition coefficient (Wildman–Crippen LogP) is 3.13. The first-order chi connectivity index (χ1) is 12.9. The first kappa shape index (κ1) is 20.2. The maximum Gasteiger partial charge on any atom is 0.349 e. The van der Waals surface area contributed by atoms with E-state index >= 15 is 0 Å². The zero-order valence-electron chi connectivity index (χ0n) is 15.8. The largest absolute Gasteiger partial charge is 0.476 e. The summed E-state index contributed by atoms with van der Waals surface area (Å²) in [6.45, 7) is 5.71. The van der Waals surface area contributed by atoms with Crippen LogP contribution in [-0.2, 0) is 20.9 Å². The number of carbonyl (C=O) groups excluding carboxylic acids is 2. The molecule has 0 aliphatic rings. The Morgan fingerprint density at radius 3 is 2.67 bits per heavy atom. The normalized spacial score (nSPS) is 11.2. The first-order valence-electron chi connectivity index (χ1n) is 8.72. The van der Waals surface area contributed by atoms with E-state index < -0.39 is 11.6 Å². The second-order valence-corrected chi connectivity index (χ2v) is 6.28. The number of nitrogens with zero attached hydrogens (tertiary/aromatic N) is 1. The summed E-state index contributed by atoms with van der Waals surface area (Å²) in [5.41, 5.74) is 0.466. The van der Waals surface area contributed by atoms with E-state index in [1.54, 1.807) is 51.4 Å². The lowest BCUT2D eigenvalue weighted by Crippen LogP contribution is -2.39. The predicted molar refractivity (Wildman–Crippen MR) is 103 cm³/mol. The molecule has 1 N–H and O–H groups in total. The van der Waals surface area contributed by atoms with Crippen molar-refractivity contribution in [2.45, 2.75) is 32.9 Å². The van der Waals surface area contributed by atoms with E-state index in [1.165, 1.54) is 6.08 Å². The zero-order valence-corrected chi connectivity index (χ0v) is 15.8. The second kappa shape index (κ2) is 9.52. The quantitative estimate of drug-likeness (QED) is 0.572. The summed E-state index contributed by atoms with van der Waals surface area (Å²) < 4.78 is 10.9. The van der Waals surface area contributed by atoms with Crippen molar-refractivity contribution in [3.05, 3.63) is 66.0 Å². The van der Waals surface area contributed by atoms with Crippen molar-refractivity contribution >= 4 is 18.0 Å². The fourth-order valence-electron chi connectivity index (χ4n) is 2.25. The van der Waals surface area contributed by atoms with Gasteiger partial charge in [-0.05, 0) is 44.5 Å². The number of aromatic nitrogens is 1. The number of hydrogen-bond acceptors (Lipinski definition) is 5. The molecular formula is C21H24N2O4. The minimum atomic E-state index is -1.14. The molecule has 27 heavy (non-hydrogen) atoms. The average Bonchev–Trinajstić information content (AvgIpc) is 2.66. The Kier molecular flexibility index (Phi) is 7.11. The molecule has 1 heterocycles. The van der Waals surface area contributed by atoms with Gasteiger partial charge in [-0.2, -0.15) is 0 Å². The molecule has 0 atom stereocenters. The molecule has 0 radical (unpaired) electrons. The first-order valence-corrected chi connectivity index (χ1v) is 8.72. The number of amides is 1. The number of nitrogens with one attached hydrogen (secondary N) is 1. The fourth-order valence-corrected chi connectivity index (χ4v) is 2.25. The van der Waals surface area contributed by atoms with Crippen molar-refractivity contribution in [1.29, 1.82) is 0 Å². The maximum atomic E-state index is 12.0. The van der Waals surface area contributed by atoms with Gasteiger partial charge in [0.05, 0.1) is 6.61 Å². The van der Waals surface area contributed by atoms with Crippen LogP contribution in [0.5, 0.6) is 5.75 Å². The fraction of sp³-hybridized carbons (Fsp3) is 0.286. The number of carbonyl (C=O) groups is 2. The molecule has 0 spiro atoms. The van der Waals surface area contributed by atoms with Crippen LogP contribution in [0.3, 0.4) is 0 Å². The van der Waals surface area contributed by atoms with E-state index in [1.807, 2.05) is 24.3 Å². The summed E-state index contributed by atoms with van der Waals surface area (Å²) in [5, 5.41) is 2.79. The Labute approximate surface area is 159 Å². The lowest BCUT2D eigenvalue weighted by atomic mass is 10.1. The SMILES string of the molecule is CCOC(=O)C(C)(C)Oc1ccccc1/C=C/C(=O)NCc1cccnc1. The zero-order chi connectivity index (χ0) is 19.7. The Morgan fingerprint density at radius 2 is 1.96 bits per heavy atom. The van der Waals surface area contributed by atoms with Gasteiger partial charge in [-0.1, -0.05) is 24.3 Å². The van der Waals surface area contributed by atoms with Crippen molar-refractivity contribution in [2.75, 3.05) is 6.61 Å². The van der Waals surface area contributed by atoms with Crippen LogP contribution in [0.1, 0.15) is 31.9 Å². The number of para-hydroxylation sites is 1. The van der Waals surface area contributed by atoms with Crippen LogP contribution < -0.4 is 10.1 Å². The Bertz CT molecular complexity index is 801. The molecular weight excluding hydrogens is 344 g/mol. The lowest BCUT2D eigenvalue weighted by Gasteiger charge is -2.25. The molecule has 0 saturated heterocycles. The van der Waals surface area contributed by atoms with Crippen LogP contribution in [0.25, 0.3) is 6.08 Å². The minimum absolute atomic E-state index is 0.238. The number of benzene rings is 1. The van der Waals surface area contributed by atoms with Crippen molar-refractivity contribution in [2.24, 2.45) is 0 Å². The Hall–Kier alpha value is -3.15. The van der Waals surface area contributed by atoms with Crippen LogP contribution in [0.2, 0.25) is 0 Å². The molecule has 0 unspecified atom stereocenters. The van der Waals surface area contributed by atoms with Gasteiger partial charge in [-0.3, -0.25) is 9.78 Å². The summed E-state index contributed by atoms with van der Waals surface area (Å²) in [7, 11) is 0. The molecule has 1 aromatic heterocycles. The van der Waals surface area contributed by atoms with Gasteiger partial charge in [0.25, 0.3) is 0 Å². The van der Waals surface area contributed by atoms with Gasteiger partial charge in [0.1, 0.15) is 5.75 Å². The van der Waals surface area contributed by atoms with Crippen molar-refractivity contribution in [3.63, 3.8) is 0 Å². The molecule has 0 aliphatic heterocycles. The van der Waals surface area contributed by atoms with E-state index in [-0.39, 0.29) is 12.5 Å². The van der Waals surface area contributed by atoms with Crippen molar-refractivity contribution in [1.82, 2.24) is 10.3 Å². The number of esters is 1. The topological polar surface area (TPSA) is 77.5 Å². The molecule has 142 valence electrons. The summed E-state index contributed by atoms with van der Waals surface area (Å²) >= 11 is 0. The summed E-state index contributed by atoms with van der Waals surface area (Å²) in [6.07, 6.45) is 6.45. The molecule has 6 heteroatoms. The molecule has 6 nitrogen and oxygen atoms in total. The van der Waals surface area contributed by atoms with Crippen molar-refractivity contribution < 1.29 is 19.1 Å². The van der Waals surface area contributed by atoms with E-state index in [4.69, 9.17) is 9.47 Å². The number of rotatable bonds is 8. The molecule has 1 aromatic carbocycles. The Balaban J connectivity index is 2.03. The van der Waals surface area contributed by atoms with Crippen LogP contribution in [0.4, 0.5) is 0 Å². The van der Waals surface area contributed by atoms with Gasteiger partial charge in [0.2, 0.25) is 5.91 Å². The molecule has 0 saturated carbocycles. The second-order valence-electron chi connectivity index (χ2n) is 6.28. The van der Waals surface area contributed by atoms with Crippen LogP contribution in [-0.4, -0.2) is 29.1 Å². The van der Waals surface area contributed by atoms with Gasteiger partial charge in [0, 0.05) is 30.6 Å². The molecule has 0 fully saturated rings. The average molecular weight is 368 g/mol. The maximum absolute atomic E-state index is 12.0. The van der Waals surface area contributed by atoms with Gasteiger partial charge in [-0.15, -0.1) is 0 Å². The summed E-state index contributed by atoms with van der Waals surface area (Å²) in [5.74, 6) is -0.192. The van der Waals surface area contributed by atoms with E-state index in [0.29, 0.717) is 17.9 Å². The smallest absolute Gasteiger partial charge is 0.349 e.